The fourth-order valence-corrected chi connectivity index (χ4v) is 1.56. The van der Waals surface area contributed by atoms with E-state index in [0.717, 1.165) is 18.2 Å². The van der Waals surface area contributed by atoms with Crippen molar-refractivity contribution in [2.45, 2.75) is 26.2 Å². The predicted octanol–water partition coefficient (Wildman–Crippen LogP) is 2.96. The lowest BCUT2D eigenvalue weighted by Crippen LogP contribution is -2.37. The third kappa shape index (κ3) is 2.05. The number of hydrogen-bond donors (Lipinski definition) is 1. The second-order valence-corrected chi connectivity index (χ2v) is 4.32. The van der Waals surface area contributed by atoms with E-state index in [1.165, 1.54) is 6.92 Å². The maximum absolute atomic E-state index is 13.1. The summed E-state index contributed by atoms with van der Waals surface area (Å²) in [4.78, 5) is 11.2. The molecule has 4 heteroatoms. The molecule has 1 rings (SSSR count). The monoisotopic (exact) mass is 228 g/mol. The van der Waals surface area contributed by atoms with Crippen molar-refractivity contribution >= 4 is 5.97 Å². The first-order valence-corrected chi connectivity index (χ1v) is 4.98. The van der Waals surface area contributed by atoms with E-state index in [-0.39, 0.29) is 11.5 Å². The van der Waals surface area contributed by atoms with Crippen LogP contribution in [0, 0.1) is 17.6 Å². The molecule has 16 heavy (non-hydrogen) atoms. The highest BCUT2D eigenvalue weighted by atomic mass is 19.1. The average Bonchev–Trinajstić information content (AvgIpc) is 2.14. The maximum Gasteiger partial charge on any atom is 0.314 e. The zero-order valence-electron chi connectivity index (χ0n) is 9.42. The Kier molecular flexibility index (Phi) is 3.31. The van der Waals surface area contributed by atoms with Gasteiger partial charge in [0.25, 0.3) is 0 Å². The van der Waals surface area contributed by atoms with Gasteiger partial charge < -0.3 is 5.11 Å². The highest BCUT2D eigenvalue weighted by Gasteiger charge is 2.39. The number of carboxylic acid groups (broad SMARTS) is 1. The van der Waals surface area contributed by atoms with Crippen LogP contribution in [0.2, 0.25) is 0 Å². The molecule has 0 aliphatic heterocycles. The minimum atomic E-state index is -1.29. The van der Waals surface area contributed by atoms with Crippen LogP contribution in [0.5, 0.6) is 0 Å². The molecule has 0 aliphatic rings. The zero-order chi connectivity index (χ0) is 12.5. The van der Waals surface area contributed by atoms with Gasteiger partial charge in [-0.3, -0.25) is 4.79 Å². The normalized spacial score (nSPS) is 14.9. The van der Waals surface area contributed by atoms with Gasteiger partial charge in [0, 0.05) is 6.07 Å². The average molecular weight is 228 g/mol. The molecule has 1 N–H and O–H groups in total. The van der Waals surface area contributed by atoms with Crippen LogP contribution >= 0.6 is 0 Å². The molecule has 88 valence electrons. The second kappa shape index (κ2) is 4.20. The van der Waals surface area contributed by atoms with Crippen LogP contribution in [0.4, 0.5) is 8.78 Å². The minimum Gasteiger partial charge on any atom is -0.481 e. The molecular formula is C12H14F2O2. The van der Waals surface area contributed by atoms with Gasteiger partial charge in [0.1, 0.15) is 11.6 Å². The van der Waals surface area contributed by atoms with Crippen molar-refractivity contribution in [3.8, 4) is 0 Å². The molecule has 1 aromatic rings. The lowest BCUT2D eigenvalue weighted by atomic mass is 9.73. The molecular weight excluding hydrogens is 214 g/mol. The quantitative estimate of drug-likeness (QED) is 0.863. The zero-order valence-corrected chi connectivity index (χ0v) is 9.42. The Balaban J connectivity index is 3.38. The Labute approximate surface area is 92.9 Å². The number of carboxylic acids is 1. The Morgan fingerprint density at radius 1 is 1.25 bits per heavy atom. The maximum atomic E-state index is 13.1. The summed E-state index contributed by atoms with van der Waals surface area (Å²) in [7, 11) is 0. The van der Waals surface area contributed by atoms with Crippen molar-refractivity contribution in [2.75, 3.05) is 0 Å². The molecule has 1 atom stereocenters. The van der Waals surface area contributed by atoms with E-state index in [0.29, 0.717) is 0 Å². The summed E-state index contributed by atoms with van der Waals surface area (Å²) in [6, 6.07) is 2.86. The van der Waals surface area contributed by atoms with Crippen molar-refractivity contribution in [1.29, 1.82) is 0 Å². The molecule has 1 unspecified atom stereocenters. The first-order chi connectivity index (χ1) is 7.28. The number of hydrogen-bond acceptors (Lipinski definition) is 1. The Morgan fingerprint density at radius 2 is 1.69 bits per heavy atom. The smallest absolute Gasteiger partial charge is 0.314 e. The van der Waals surface area contributed by atoms with Gasteiger partial charge in [-0.2, -0.15) is 0 Å². The van der Waals surface area contributed by atoms with Crippen LogP contribution in [0.3, 0.4) is 0 Å². The Morgan fingerprint density at radius 3 is 2.00 bits per heavy atom. The molecule has 1 aromatic carbocycles. The van der Waals surface area contributed by atoms with Crippen LogP contribution in [0.25, 0.3) is 0 Å². The number of rotatable bonds is 3. The molecule has 0 fully saturated rings. The summed E-state index contributed by atoms with van der Waals surface area (Å²) in [6.45, 7) is 4.88. The van der Waals surface area contributed by atoms with Crippen LogP contribution in [0.15, 0.2) is 18.2 Å². The molecule has 0 aromatic heterocycles. The lowest BCUT2D eigenvalue weighted by Gasteiger charge is -2.29. The van der Waals surface area contributed by atoms with Gasteiger partial charge in [-0.15, -0.1) is 0 Å². The first-order valence-electron chi connectivity index (χ1n) is 4.98. The van der Waals surface area contributed by atoms with Gasteiger partial charge in [-0.25, -0.2) is 8.78 Å². The fraction of sp³-hybridized carbons (Fsp3) is 0.417. The summed E-state index contributed by atoms with van der Waals surface area (Å²) in [5, 5.41) is 9.19. The van der Waals surface area contributed by atoms with E-state index in [4.69, 9.17) is 0 Å². The van der Waals surface area contributed by atoms with E-state index in [2.05, 4.69) is 0 Å². The van der Waals surface area contributed by atoms with Gasteiger partial charge in [-0.05, 0) is 30.5 Å². The van der Waals surface area contributed by atoms with E-state index in [9.17, 15) is 18.7 Å². The molecule has 0 saturated carbocycles. The SMILES string of the molecule is CC(C)C(C)(C(=O)O)c1cc(F)cc(F)c1. The van der Waals surface area contributed by atoms with Crippen molar-refractivity contribution in [1.82, 2.24) is 0 Å². The summed E-state index contributed by atoms with van der Waals surface area (Å²) < 4.78 is 26.1. The van der Waals surface area contributed by atoms with Crippen molar-refractivity contribution < 1.29 is 18.7 Å². The van der Waals surface area contributed by atoms with E-state index >= 15 is 0 Å². The van der Waals surface area contributed by atoms with Crippen LogP contribution < -0.4 is 0 Å². The predicted molar refractivity (Wildman–Crippen MR) is 56.2 cm³/mol. The molecule has 0 aliphatic carbocycles. The lowest BCUT2D eigenvalue weighted by molar-refractivity contribution is -0.145. The van der Waals surface area contributed by atoms with Crippen LogP contribution in [-0.4, -0.2) is 11.1 Å². The molecule has 0 radical (unpaired) electrons. The third-order valence-corrected chi connectivity index (χ3v) is 3.06. The van der Waals surface area contributed by atoms with Crippen molar-refractivity contribution in [3.05, 3.63) is 35.4 Å². The third-order valence-electron chi connectivity index (χ3n) is 3.06. The highest BCUT2D eigenvalue weighted by Crippen LogP contribution is 2.33. The topological polar surface area (TPSA) is 37.3 Å². The van der Waals surface area contributed by atoms with Crippen molar-refractivity contribution in [3.63, 3.8) is 0 Å². The molecule has 0 spiro atoms. The van der Waals surface area contributed by atoms with E-state index in [1.807, 2.05) is 0 Å². The highest BCUT2D eigenvalue weighted by molar-refractivity contribution is 5.81. The van der Waals surface area contributed by atoms with Crippen LogP contribution in [-0.2, 0) is 10.2 Å². The van der Waals surface area contributed by atoms with E-state index < -0.39 is 23.0 Å². The number of benzene rings is 1. The summed E-state index contributed by atoms with van der Waals surface area (Å²) in [5.41, 5.74) is -1.14. The minimum absolute atomic E-state index is 0.146. The fourth-order valence-electron chi connectivity index (χ4n) is 1.56. The molecule has 0 saturated heterocycles. The largest absolute Gasteiger partial charge is 0.481 e. The Hall–Kier alpha value is -1.45. The molecule has 2 nitrogen and oxygen atoms in total. The number of carbonyl (C=O) groups is 1. The van der Waals surface area contributed by atoms with Gasteiger partial charge >= 0.3 is 5.97 Å². The van der Waals surface area contributed by atoms with Crippen molar-refractivity contribution in [2.24, 2.45) is 5.92 Å². The summed E-state index contributed by atoms with van der Waals surface area (Å²) >= 11 is 0. The summed E-state index contributed by atoms with van der Waals surface area (Å²) in [5.74, 6) is -2.88. The van der Waals surface area contributed by atoms with E-state index in [1.54, 1.807) is 13.8 Å². The van der Waals surface area contributed by atoms with Gasteiger partial charge in [0.15, 0.2) is 0 Å². The number of halogens is 2. The molecule has 0 heterocycles. The van der Waals surface area contributed by atoms with Gasteiger partial charge in [0.2, 0.25) is 0 Å². The van der Waals surface area contributed by atoms with Gasteiger partial charge in [-0.1, -0.05) is 13.8 Å². The van der Waals surface area contributed by atoms with Gasteiger partial charge in [0.05, 0.1) is 5.41 Å². The summed E-state index contributed by atoms with van der Waals surface area (Å²) in [6.07, 6.45) is 0. The van der Waals surface area contributed by atoms with Crippen LogP contribution in [0.1, 0.15) is 26.3 Å². The standard InChI is InChI=1S/C12H14F2O2/c1-7(2)12(3,11(15)16)8-4-9(13)6-10(14)5-8/h4-7H,1-3H3,(H,15,16). The first kappa shape index (κ1) is 12.6. The molecule has 0 amide bonds. The second-order valence-electron chi connectivity index (χ2n) is 4.32. The Bertz CT molecular complexity index is 395. The number of aliphatic carboxylic acids is 1. The molecule has 0 bridgehead atoms.